The Morgan fingerprint density at radius 3 is 1.98 bits per heavy atom. The van der Waals surface area contributed by atoms with Crippen LogP contribution in [0.1, 0.15) is 5.56 Å². The molecule has 0 atom stereocenters. The lowest BCUT2D eigenvalue weighted by Gasteiger charge is -2.20. The van der Waals surface area contributed by atoms with Gasteiger partial charge in [-0.15, -0.1) is 10.2 Å². The molecule has 0 unspecified atom stereocenters. The molecule has 1 heterocycles. The summed E-state index contributed by atoms with van der Waals surface area (Å²) in [5.74, 6) is -4.98. The van der Waals surface area contributed by atoms with Crippen LogP contribution in [0.15, 0.2) is 125 Å². The Morgan fingerprint density at radius 2 is 1.37 bits per heavy atom. The first-order valence-electron chi connectivity index (χ1n) is 17.0. The van der Waals surface area contributed by atoms with Gasteiger partial charge in [-0.1, -0.05) is 48.2 Å². The molecule has 27 nitrogen and oxygen atoms in total. The molecule has 0 spiro atoms. The summed E-state index contributed by atoms with van der Waals surface area (Å²) >= 11 is 0.572. The zero-order valence-electron chi connectivity index (χ0n) is 32.0. The maximum atomic E-state index is 12.8. The van der Waals surface area contributed by atoms with Gasteiger partial charge in [-0.25, -0.2) is 12.6 Å². The first-order valence-corrected chi connectivity index (χ1v) is 25.4. The molecular formula is C32H31N9O18S6. The summed E-state index contributed by atoms with van der Waals surface area (Å²) in [7, 11) is -23.6. The highest BCUT2D eigenvalue weighted by Gasteiger charge is 2.24. The summed E-state index contributed by atoms with van der Waals surface area (Å²) in [5, 5.41) is 37.3. The summed E-state index contributed by atoms with van der Waals surface area (Å²) in [6.07, 6.45) is 0. The predicted octanol–water partition coefficient (Wildman–Crippen LogP) is 4.47. The third-order valence-electron chi connectivity index (χ3n) is 7.69. The maximum Gasteiger partial charge on any atom is 0.397 e. The lowest BCUT2D eigenvalue weighted by molar-refractivity contribution is -0.133. The number of hydrogen-bond donors (Lipinski definition) is 11. The van der Waals surface area contributed by atoms with Crippen molar-refractivity contribution < 1.29 is 80.2 Å². The third kappa shape index (κ3) is 14.5. The molecule has 33 heteroatoms. The number of hydrogen-bond acceptors (Lipinski definition) is 23. The second-order valence-electron chi connectivity index (χ2n) is 12.4. The first-order chi connectivity index (χ1) is 30.2. The van der Waals surface area contributed by atoms with Crippen molar-refractivity contribution in [2.45, 2.75) is 24.7 Å². The van der Waals surface area contributed by atoms with Gasteiger partial charge in [0.15, 0.2) is 20.7 Å². The van der Waals surface area contributed by atoms with Gasteiger partial charge in [0.1, 0.15) is 21.5 Å². The fourth-order valence-electron chi connectivity index (χ4n) is 4.89. The number of hydrazone groups is 1. The highest BCUT2D eigenvalue weighted by Crippen LogP contribution is 2.45. The Hall–Kier alpha value is -5.95. The number of anilines is 5. The van der Waals surface area contributed by atoms with Crippen LogP contribution in [0.25, 0.3) is 0 Å². The third-order valence-corrected chi connectivity index (χ3v) is 13.3. The van der Waals surface area contributed by atoms with Gasteiger partial charge in [-0.2, -0.15) is 45.3 Å². The molecule has 0 radical (unpaired) electrons. The number of phenols is 1. The topological polar surface area (TPSA) is 437 Å². The van der Waals surface area contributed by atoms with Crippen molar-refractivity contribution in [2.24, 2.45) is 15.3 Å². The van der Waals surface area contributed by atoms with Crippen molar-refractivity contribution in [3.63, 3.8) is 0 Å². The number of phenolic OH excluding ortho intramolecular Hbond substituents is 1. The van der Waals surface area contributed by atoms with Crippen molar-refractivity contribution >= 4 is 110 Å². The van der Waals surface area contributed by atoms with Crippen LogP contribution in [0.2, 0.25) is 0 Å². The minimum Gasteiger partial charge on any atom is -0.504 e. The van der Waals surface area contributed by atoms with E-state index in [1.807, 2.05) is 0 Å². The number of nitrogens with zero attached hydrogens (tertiary/aromatic N) is 6. The smallest absolute Gasteiger partial charge is 0.397 e. The Labute approximate surface area is 373 Å². The quantitative estimate of drug-likeness (QED) is 0.0103. The summed E-state index contributed by atoms with van der Waals surface area (Å²) < 4.78 is 158. The van der Waals surface area contributed by atoms with Gasteiger partial charge in [0.25, 0.3) is 20.2 Å². The Bertz CT molecular complexity index is 3140. The van der Waals surface area contributed by atoms with Crippen LogP contribution in [0.5, 0.6) is 5.75 Å². The van der Waals surface area contributed by atoms with Gasteiger partial charge in [0, 0.05) is 11.3 Å². The van der Waals surface area contributed by atoms with Gasteiger partial charge in [-0.05, 0) is 48.5 Å². The molecule has 5 aromatic rings. The fourth-order valence-corrected chi connectivity index (χ4v) is 8.66. The van der Waals surface area contributed by atoms with E-state index in [2.05, 4.69) is 50.5 Å². The number of azo groups is 1. The van der Waals surface area contributed by atoms with E-state index in [0.717, 1.165) is 30.3 Å². The van der Waals surface area contributed by atoms with Crippen molar-refractivity contribution in [3.05, 3.63) is 90.5 Å². The zero-order chi connectivity index (χ0) is 48.0. The highest BCUT2D eigenvalue weighted by molar-refractivity contribution is 8.19. The molecule has 0 aliphatic carbocycles. The first kappa shape index (κ1) is 50.1. The number of aromatic nitrogens is 3. The van der Waals surface area contributed by atoms with E-state index < -0.39 is 125 Å². The molecule has 0 bridgehead atoms. The number of thioether (sulfide) groups is 1. The van der Waals surface area contributed by atoms with E-state index in [9.17, 15) is 71.4 Å². The molecule has 0 amide bonds. The normalized spacial score (nSPS) is 13.1. The Balaban J connectivity index is 1.55. The van der Waals surface area contributed by atoms with Crippen molar-refractivity contribution in [3.8, 4) is 5.75 Å². The SMILES string of the molecule is O=C(O)CSc1nc(Nc2cccc(S(=O)(=O)CCOS(=O)(=O)O)c2)nc(Nc2cc(S(=O)(=O)O)cc(N=NC(=NNc3cc(S(O)(O)O)ccc3S(=O)(=O)O)c3ccccc3)c2O)n1. The van der Waals surface area contributed by atoms with Gasteiger partial charge in [0.05, 0.1) is 44.2 Å². The van der Waals surface area contributed by atoms with E-state index in [1.54, 1.807) is 6.07 Å². The summed E-state index contributed by atoms with van der Waals surface area (Å²) in [6.45, 7) is -0.917. The molecule has 65 heavy (non-hydrogen) atoms. The van der Waals surface area contributed by atoms with Crippen LogP contribution in [0.3, 0.4) is 0 Å². The van der Waals surface area contributed by atoms with E-state index in [1.165, 1.54) is 36.4 Å². The standard InChI is InChI=1S/C32H31N9O18S6/c42-27(43)17-60-32-36-30(33-19-7-4-8-20(13-19)61(45,46)12-11-59-65(56,57)58)35-31(37-32)34-24-15-22(63(50,51)52)16-25(28(24)44)39-41-29(18-5-2-1-3-6-18)40-38-23-14-21(62(47,48)49)9-10-26(23)64(53,54)55/h1-10,13-16,38,44,47-49H,11-12,17H2,(H,42,43)(H,50,51,52)(H,53,54,55)(H,56,57,58)(H2,33,34,35,36,37). The van der Waals surface area contributed by atoms with Crippen LogP contribution < -0.4 is 16.1 Å². The number of aromatic hydroxyl groups is 1. The van der Waals surface area contributed by atoms with Crippen LogP contribution in [0, 0.1) is 0 Å². The van der Waals surface area contributed by atoms with E-state index in [4.69, 9.17) is 4.55 Å². The minimum atomic E-state index is -5.10. The summed E-state index contributed by atoms with van der Waals surface area (Å²) in [4.78, 5) is 21.0. The molecule has 0 fully saturated rings. The Morgan fingerprint density at radius 1 is 0.708 bits per heavy atom. The van der Waals surface area contributed by atoms with E-state index in [0.29, 0.717) is 23.9 Å². The number of benzene rings is 4. The second kappa shape index (κ2) is 20.1. The minimum absolute atomic E-state index is 0.00345. The molecule has 1 aromatic heterocycles. The summed E-state index contributed by atoms with van der Waals surface area (Å²) in [5.41, 5.74) is 0.542. The average molecular weight is 1020 g/mol. The van der Waals surface area contributed by atoms with Crippen LogP contribution in [0.4, 0.5) is 34.6 Å². The zero-order valence-corrected chi connectivity index (χ0v) is 36.9. The summed E-state index contributed by atoms with van der Waals surface area (Å²) in [6, 6.07) is 16.0. The largest absolute Gasteiger partial charge is 0.504 e. The van der Waals surface area contributed by atoms with E-state index in [-0.39, 0.29) is 27.3 Å². The predicted molar refractivity (Wildman–Crippen MR) is 230 cm³/mol. The molecular weight excluding hydrogens is 991 g/mol. The molecule has 11 N–H and O–H groups in total. The lowest BCUT2D eigenvalue weighted by atomic mass is 10.2. The van der Waals surface area contributed by atoms with E-state index >= 15 is 0 Å². The molecule has 0 saturated heterocycles. The van der Waals surface area contributed by atoms with Gasteiger partial charge in [0.2, 0.25) is 17.7 Å². The number of carboxylic acids is 1. The number of aliphatic carboxylic acids is 1. The molecule has 0 saturated carbocycles. The number of carbonyl (C=O) groups is 1. The van der Waals surface area contributed by atoms with Gasteiger partial charge >= 0.3 is 16.4 Å². The van der Waals surface area contributed by atoms with Crippen LogP contribution in [-0.2, 0) is 49.5 Å². The van der Waals surface area contributed by atoms with Gasteiger partial charge in [-0.3, -0.25) is 23.9 Å². The number of nitrogens with one attached hydrogen (secondary N) is 3. The van der Waals surface area contributed by atoms with Crippen LogP contribution in [-0.4, -0.2) is 116 Å². The van der Waals surface area contributed by atoms with Crippen molar-refractivity contribution in [2.75, 3.05) is 34.2 Å². The molecule has 4 aromatic carbocycles. The van der Waals surface area contributed by atoms with Crippen molar-refractivity contribution in [1.82, 2.24) is 15.0 Å². The van der Waals surface area contributed by atoms with Crippen molar-refractivity contribution in [1.29, 1.82) is 0 Å². The number of carboxylic acid groups (broad SMARTS) is 1. The fraction of sp³-hybridized carbons (Fsp3) is 0.0938. The monoisotopic (exact) mass is 1020 g/mol. The van der Waals surface area contributed by atoms with Gasteiger partial charge < -0.3 is 34.5 Å². The molecule has 348 valence electrons. The van der Waals surface area contributed by atoms with Crippen LogP contribution >= 0.6 is 22.6 Å². The average Bonchev–Trinajstić information content (AvgIpc) is 3.20. The Kier molecular flexibility index (Phi) is 15.4. The molecule has 0 aliphatic heterocycles. The lowest BCUT2D eigenvalue weighted by Crippen LogP contribution is -2.15. The maximum absolute atomic E-state index is 12.8. The number of rotatable bonds is 19. The second-order valence-corrected chi connectivity index (χ2v) is 20.8. The molecule has 5 rings (SSSR count). The number of sulfone groups is 1. The number of amidine groups is 1. The molecule has 0 aliphatic rings. The highest BCUT2D eigenvalue weighted by atomic mass is 32.3.